The molecule has 0 saturated heterocycles. The molecule has 1 amide bonds. The fourth-order valence-electron chi connectivity index (χ4n) is 2.53. The van der Waals surface area contributed by atoms with E-state index in [0.717, 1.165) is 0 Å². The second kappa shape index (κ2) is 5.70. The second-order valence-electron chi connectivity index (χ2n) is 6.13. The van der Waals surface area contributed by atoms with Crippen LogP contribution in [0.3, 0.4) is 0 Å². The minimum absolute atomic E-state index is 0.0163. The average Bonchev–Trinajstić information content (AvgIpc) is 2.48. The number of ketones is 1. The smallest absolute Gasteiger partial charge is 0.255 e. The molecule has 23 heavy (non-hydrogen) atoms. The number of carbonyl (C=O) groups is 2. The van der Waals surface area contributed by atoms with E-state index in [9.17, 15) is 9.59 Å². The molecule has 1 heterocycles. The molecule has 3 rings (SSSR count). The number of Topliss-reactive ketones (excluding diaryl/α,β-unsaturated/α-hetero) is 1. The first-order valence-corrected chi connectivity index (χ1v) is 7.65. The Morgan fingerprint density at radius 3 is 2.57 bits per heavy atom. The van der Waals surface area contributed by atoms with Gasteiger partial charge in [-0.25, -0.2) is 0 Å². The Labute approximate surface area is 139 Å². The molecule has 118 valence electrons. The highest BCUT2D eigenvalue weighted by atomic mass is 35.5. The molecule has 1 aliphatic rings. The number of carbonyl (C=O) groups excluding carboxylic acids is 2. The molecule has 1 aliphatic heterocycles. The van der Waals surface area contributed by atoms with Gasteiger partial charge in [-0.15, -0.1) is 0 Å². The fourth-order valence-corrected chi connectivity index (χ4v) is 2.66. The summed E-state index contributed by atoms with van der Waals surface area (Å²) in [5.41, 5.74) is 0.987. The molecule has 5 heteroatoms. The summed E-state index contributed by atoms with van der Waals surface area (Å²) >= 11 is 5.82. The predicted molar refractivity (Wildman–Crippen MR) is 89.5 cm³/mol. The van der Waals surface area contributed by atoms with E-state index in [-0.39, 0.29) is 11.7 Å². The van der Waals surface area contributed by atoms with E-state index >= 15 is 0 Å². The lowest BCUT2D eigenvalue weighted by Gasteiger charge is -2.31. The Kier molecular flexibility index (Phi) is 3.86. The van der Waals surface area contributed by atoms with Crippen molar-refractivity contribution in [1.82, 2.24) is 0 Å². The number of ether oxygens (including phenoxy) is 1. The molecule has 1 N–H and O–H groups in total. The summed E-state index contributed by atoms with van der Waals surface area (Å²) in [5, 5.41) is 3.37. The van der Waals surface area contributed by atoms with Crippen LogP contribution in [-0.4, -0.2) is 17.3 Å². The minimum atomic E-state index is -0.517. The van der Waals surface area contributed by atoms with Gasteiger partial charge in [0.2, 0.25) is 0 Å². The predicted octanol–water partition coefficient (Wildman–Crippen LogP) is 4.34. The van der Waals surface area contributed by atoms with Gasteiger partial charge in [0.1, 0.15) is 11.4 Å². The quantitative estimate of drug-likeness (QED) is 0.891. The summed E-state index contributed by atoms with van der Waals surface area (Å²) in [6.07, 6.45) is 0.294. The summed E-state index contributed by atoms with van der Waals surface area (Å²) < 4.78 is 5.79. The largest absolute Gasteiger partial charge is 0.487 e. The summed E-state index contributed by atoms with van der Waals surface area (Å²) in [5.74, 6) is 0.222. The molecule has 0 spiro atoms. The van der Waals surface area contributed by atoms with Crippen molar-refractivity contribution in [3.05, 3.63) is 58.6 Å². The molecule has 0 saturated carbocycles. The van der Waals surface area contributed by atoms with Crippen LogP contribution < -0.4 is 10.1 Å². The number of nitrogens with one attached hydrogen (secondary N) is 1. The maximum Gasteiger partial charge on any atom is 0.255 e. The number of anilines is 1. The van der Waals surface area contributed by atoms with Crippen LogP contribution in [0.1, 0.15) is 41.0 Å². The Balaban J connectivity index is 1.84. The topological polar surface area (TPSA) is 55.4 Å². The summed E-state index contributed by atoms with van der Waals surface area (Å²) in [7, 11) is 0. The number of halogens is 1. The number of benzene rings is 2. The summed E-state index contributed by atoms with van der Waals surface area (Å²) in [6, 6.07) is 11.7. The highest BCUT2D eigenvalue weighted by Crippen LogP contribution is 2.33. The first-order valence-electron chi connectivity index (χ1n) is 7.27. The average molecular weight is 330 g/mol. The molecule has 0 aromatic heterocycles. The van der Waals surface area contributed by atoms with Crippen LogP contribution in [0.5, 0.6) is 5.75 Å². The Bertz CT molecular complexity index is 781. The number of rotatable bonds is 2. The van der Waals surface area contributed by atoms with Gasteiger partial charge in [-0.1, -0.05) is 11.6 Å². The molecular formula is C18H16ClNO3. The van der Waals surface area contributed by atoms with Crippen molar-refractivity contribution in [3.63, 3.8) is 0 Å². The molecule has 2 aromatic carbocycles. The van der Waals surface area contributed by atoms with E-state index in [0.29, 0.717) is 34.0 Å². The van der Waals surface area contributed by atoms with Crippen LogP contribution >= 0.6 is 11.6 Å². The van der Waals surface area contributed by atoms with Gasteiger partial charge in [-0.05, 0) is 56.3 Å². The lowest BCUT2D eigenvalue weighted by Crippen LogP contribution is -2.36. The zero-order valence-corrected chi connectivity index (χ0v) is 13.6. The zero-order chi connectivity index (χ0) is 16.6. The number of amides is 1. The van der Waals surface area contributed by atoms with Crippen molar-refractivity contribution in [3.8, 4) is 5.75 Å². The Morgan fingerprint density at radius 2 is 1.87 bits per heavy atom. The van der Waals surface area contributed by atoms with Crippen LogP contribution in [0.15, 0.2) is 42.5 Å². The van der Waals surface area contributed by atoms with Crippen molar-refractivity contribution in [1.29, 1.82) is 0 Å². The fraction of sp³-hybridized carbons (Fsp3) is 0.222. The van der Waals surface area contributed by atoms with Crippen molar-refractivity contribution in [2.75, 3.05) is 5.32 Å². The van der Waals surface area contributed by atoms with Crippen LogP contribution in [-0.2, 0) is 0 Å². The third-order valence-corrected chi connectivity index (χ3v) is 3.87. The van der Waals surface area contributed by atoms with E-state index < -0.39 is 5.60 Å². The number of fused-ring (bicyclic) bond motifs is 1. The van der Waals surface area contributed by atoms with Crippen molar-refractivity contribution < 1.29 is 14.3 Å². The van der Waals surface area contributed by atoms with Crippen LogP contribution in [0, 0.1) is 0 Å². The van der Waals surface area contributed by atoms with E-state index in [1.54, 1.807) is 42.5 Å². The SMILES string of the molecule is CC1(C)CC(=O)c2cc(C(=O)Nc3ccc(Cl)cc3)ccc2O1. The van der Waals surface area contributed by atoms with Gasteiger partial charge in [0, 0.05) is 16.3 Å². The lowest BCUT2D eigenvalue weighted by atomic mass is 9.92. The molecule has 0 fully saturated rings. The molecular weight excluding hydrogens is 314 g/mol. The first-order chi connectivity index (χ1) is 10.8. The summed E-state index contributed by atoms with van der Waals surface area (Å²) in [4.78, 5) is 24.6. The molecule has 4 nitrogen and oxygen atoms in total. The van der Waals surface area contributed by atoms with Crippen LogP contribution in [0.4, 0.5) is 5.69 Å². The Morgan fingerprint density at radius 1 is 1.17 bits per heavy atom. The molecule has 0 aliphatic carbocycles. The van der Waals surface area contributed by atoms with Gasteiger partial charge >= 0.3 is 0 Å². The lowest BCUT2D eigenvalue weighted by molar-refractivity contribution is 0.0620. The number of hydrogen-bond donors (Lipinski definition) is 1. The van der Waals surface area contributed by atoms with Gasteiger partial charge in [0.05, 0.1) is 12.0 Å². The maximum absolute atomic E-state index is 12.3. The van der Waals surface area contributed by atoms with E-state index in [2.05, 4.69) is 5.32 Å². The van der Waals surface area contributed by atoms with E-state index in [1.165, 1.54) is 0 Å². The molecule has 0 radical (unpaired) electrons. The van der Waals surface area contributed by atoms with Gasteiger partial charge in [-0.3, -0.25) is 9.59 Å². The molecule has 0 unspecified atom stereocenters. The highest BCUT2D eigenvalue weighted by Gasteiger charge is 2.32. The maximum atomic E-state index is 12.3. The summed E-state index contributed by atoms with van der Waals surface area (Å²) in [6.45, 7) is 3.74. The van der Waals surface area contributed by atoms with Gasteiger partial charge in [0.25, 0.3) is 5.91 Å². The zero-order valence-electron chi connectivity index (χ0n) is 12.9. The number of hydrogen-bond acceptors (Lipinski definition) is 3. The van der Waals surface area contributed by atoms with Crippen LogP contribution in [0.25, 0.3) is 0 Å². The second-order valence-corrected chi connectivity index (χ2v) is 6.57. The van der Waals surface area contributed by atoms with Crippen LogP contribution in [0.2, 0.25) is 5.02 Å². The Hall–Kier alpha value is -2.33. The standard InChI is InChI=1S/C18H16ClNO3/c1-18(2)10-15(21)14-9-11(3-8-16(14)23-18)17(22)20-13-6-4-12(19)5-7-13/h3-9H,10H2,1-2H3,(H,20,22). The molecule has 0 bridgehead atoms. The third kappa shape index (κ3) is 3.37. The first kappa shape index (κ1) is 15.6. The van der Waals surface area contributed by atoms with E-state index in [1.807, 2.05) is 13.8 Å². The van der Waals surface area contributed by atoms with Gasteiger partial charge in [-0.2, -0.15) is 0 Å². The monoisotopic (exact) mass is 329 g/mol. The highest BCUT2D eigenvalue weighted by molar-refractivity contribution is 6.30. The molecule has 2 aromatic rings. The molecule has 0 atom stereocenters. The normalized spacial score (nSPS) is 15.5. The van der Waals surface area contributed by atoms with Gasteiger partial charge in [0.15, 0.2) is 5.78 Å². The third-order valence-electron chi connectivity index (χ3n) is 3.62. The van der Waals surface area contributed by atoms with Crippen molar-refractivity contribution in [2.45, 2.75) is 25.9 Å². The van der Waals surface area contributed by atoms with Crippen molar-refractivity contribution in [2.24, 2.45) is 0 Å². The van der Waals surface area contributed by atoms with E-state index in [4.69, 9.17) is 16.3 Å². The van der Waals surface area contributed by atoms with Crippen molar-refractivity contribution >= 4 is 29.0 Å². The van der Waals surface area contributed by atoms with Gasteiger partial charge < -0.3 is 10.1 Å². The minimum Gasteiger partial charge on any atom is -0.487 e.